The van der Waals surface area contributed by atoms with Gasteiger partial charge in [0.2, 0.25) is 0 Å². The SMILES string of the molecule is COc1ccc(CC(=O)c2ccc(Cl)cc2)cc1OC. The molecule has 0 radical (unpaired) electrons. The van der Waals surface area contributed by atoms with Crippen molar-refractivity contribution in [3.63, 3.8) is 0 Å². The predicted octanol–water partition coefficient (Wildman–Crippen LogP) is 3.78. The van der Waals surface area contributed by atoms with Crippen molar-refractivity contribution in [2.24, 2.45) is 0 Å². The standard InChI is InChI=1S/C16H15ClO3/c1-19-15-8-3-11(10-16(15)20-2)9-14(18)12-4-6-13(17)7-5-12/h3-8,10H,9H2,1-2H3. The van der Waals surface area contributed by atoms with Gasteiger partial charge in [-0.25, -0.2) is 0 Å². The van der Waals surface area contributed by atoms with Crippen LogP contribution in [0, 0.1) is 0 Å². The van der Waals surface area contributed by atoms with Crippen molar-refractivity contribution in [1.82, 2.24) is 0 Å². The topological polar surface area (TPSA) is 35.5 Å². The second-order valence-corrected chi connectivity index (χ2v) is 4.73. The molecule has 20 heavy (non-hydrogen) atoms. The number of hydrogen-bond acceptors (Lipinski definition) is 3. The summed E-state index contributed by atoms with van der Waals surface area (Å²) in [5, 5.41) is 0.618. The molecule has 0 aliphatic rings. The van der Waals surface area contributed by atoms with E-state index in [0.29, 0.717) is 28.5 Å². The molecule has 2 aromatic rings. The quantitative estimate of drug-likeness (QED) is 0.786. The van der Waals surface area contributed by atoms with Crippen molar-refractivity contribution < 1.29 is 14.3 Å². The first-order valence-electron chi connectivity index (χ1n) is 6.13. The molecule has 0 saturated heterocycles. The lowest BCUT2D eigenvalue weighted by atomic mass is 10.0. The summed E-state index contributed by atoms with van der Waals surface area (Å²) < 4.78 is 10.4. The second-order valence-electron chi connectivity index (χ2n) is 4.30. The molecular formula is C16H15ClO3. The van der Waals surface area contributed by atoms with Crippen LogP contribution in [0.1, 0.15) is 15.9 Å². The lowest BCUT2D eigenvalue weighted by Gasteiger charge is -2.09. The molecular weight excluding hydrogens is 276 g/mol. The zero-order chi connectivity index (χ0) is 14.5. The van der Waals surface area contributed by atoms with Crippen LogP contribution in [0.25, 0.3) is 0 Å². The van der Waals surface area contributed by atoms with Crippen LogP contribution in [0.2, 0.25) is 5.02 Å². The average molecular weight is 291 g/mol. The van der Waals surface area contributed by atoms with Gasteiger partial charge in [-0.15, -0.1) is 0 Å². The molecule has 0 atom stereocenters. The number of rotatable bonds is 5. The minimum Gasteiger partial charge on any atom is -0.493 e. The Morgan fingerprint density at radius 2 is 1.65 bits per heavy atom. The van der Waals surface area contributed by atoms with Crippen molar-refractivity contribution >= 4 is 17.4 Å². The first kappa shape index (κ1) is 14.4. The smallest absolute Gasteiger partial charge is 0.167 e. The fourth-order valence-corrected chi connectivity index (χ4v) is 2.04. The number of ketones is 1. The first-order chi connectivity index (χ1) is 9.63. The van der Waals surface area contributed by atoms with Gasteiger partial charge in [-0.3, -0.25) is 4.79 Å². The number of carbonyl (C=O) groups excluding carboxylic acids is 1. The molecule has 2 rings (SSSR count). The fraction of sp³-hybridized carbons (Fsp3) is 0.188. The Morgan fingerprint density at radius 1 is 1.00 bits per heavy atom. The van der Waals surface area contributed by atoms with Crippen molar-refractivity contribution in [3.8, 4) is 11.5 Å². The first-order valence-corrected chi connectivity index (χ1v) is 6.51. The highest BCUT2D eigenvalue weighted by atomic mass is 35.5. The van der Waals surface area contributed by atoms with E-state index in [1.165, 1.54) is 0 Å². The summed E-state index contributed by atoms with van der Waals surface area (Å²) in [6.07, 6.45) is 0.308. The van der Waals surface area contributed by atoms with Crippen molar-refractivity contribution in [2.75, 3.05) is 14.2 Å². The molecule has 0 unspecified atom stereocenters. The molecule has 0 N–H and O–H groups in total. The summed E-state index contributed by atoms with van der Waals surface area (Å²) >= 11 is 5.81. The van der Waals surface area contributed by atoms with E-state index in [1.54, 1.807) is 44.6 Å². The van der Waals surface area contributed by atoms with Crippen molar-refractivity contribution in [1.29, 1.82) is 0 Å². The minimum atomic E-state index is 0.0360. The highest BCUT2D eigenvalue weighted by Crippen LogP contribution is 2.28. The molecule has 0 saturated carbocycles. The maximum atomic E-state index is 12.2. The second kappa shape index (κ2) is 6.44. The maximum absolute atomic E-state index is 12.2. The molecule has 0 spiro atoms. The Labute approximate surface area is 123 Å². The molecule has 0 aromatic heterocycles. The van der Waals surface area contributed by atoms with Gasteiger partial charge in [0.25, 0.3) is 0 Å². The van der Waals surface area contributed by atoms with E-state index in [1.807, 2.05) is 12.1 Å². The van der Waals surface area contributed by atoms with Crippen LogP contribution in [0.4, 0.5) is 0 Å². The van der Waals surface area contributed by atoms with Gasteiger partial charge >= 0.3 is 0 Å². The van der Waals surface area contributed by atoms with Gasteiger partial charge in [-0.1, -0.05) is 17.7 Å². The monoisotopic (exact) mass is 290 g/mol. The van der Waals surface area contributed by atoms with E-state index < -0.39 is 0 Å². The third-order valence-electron chi connectivity index (χ3n) is 2.98. The molecule has 3 nitrogen and oxygen atoms in total. The van der Waals surface area contributed by atoms with Crippen LogP contribution in [-0.4, -0.2) is 20.0 Å². The van der Waals surface area contributed by atoms with E-state index in [0.717, 1.165) is 5.56 Å². The van der Waals surface area contributed by atoms with E-state index >= 15 is 0 Å². The lowest BCUT2D eigenvalue weighted by Crippen LogP contribution is -2.03. The summed E-state index contributed by atoms with van der Waals surface area (Å²) in [4.78, 5) is 12.2. The fourth-order valence-electron chi connectivity index (χ4n) is 1.91. The number of halogens is 1. The lowest BCUT2D eigenvalue weighted by molar-refractivity contribution is 0.0993. The Bertz CT molecular complexity index is 606. The molecule has 0 amide bonds. The molecule has 0 fully saturated rings. The largest absolute Gasteiger partial charge is 0.493 e. The predicted molar refractivity (Wildman–Crippen MR) is 79.0 cm³/mol. The van der Waals surface area contributed by atoms with Crippen LogP contribution in [-0.2, 0) is 6.42 Å². The summed E-state index contributed by atoms with van der Waals surface area (Å²) in [6, 6.07) is 12.3. The van der Waals surface area contributed by atoms with Crippen LogP contribution in [0.3, 0.4) is 0 Å². The molecule has 0 aliphatic carbocycles. The van der Waals surface area contributed by atoms with Gasteiger partial charge in [-0.2, -0.15) is 0 Å². The summed E-state index contributed by atoms with van der Waals surface area (Å²) in [7, 11) is 3.15. The molecule has 0 bridgehead atoms. The number of ether oxygens (including phenoxy) is 2. The number of hydrogen-bond donors (Lipinski definition) is 0. The highest BCUT2D eigenvalue weighted by molar-refractivity contribution is 6.30. The van der Waals surface area contributed by atoms with Gasteiger partial charge in [0, 0.05) is 17.0 Å². The van der Waals surface area contributed by atoms with Gasteiger partial charge < -0.3 is 9.47 Å². The zero-order valence-corrected chi connectivity index (χ0v) is 12.1. The summed E-state index contributed by atoms with van der Waals surface area (Å²) in [5.41, 5.74) is 1.52. The van der Waals surface area contributed by atoms with Crippen LogP contribution in [0.5, 0.6) is 11.5 Å². The summed E-state index contributed by atoms with van der Waals surface area (Å²) in [5.74, 6) is 1.30. The zero-order valence-electron chi connectivity index (χ0n) is 11.4. The van der Waals surface area contributed by atoms with Crippen LogP contribution in [0.15, 0.2) is 42.5 Å². The Balaban J connectivity index is 2.17. The number of carbonyl (C=O) groups is 1. The minimum absolute atomic E-state index is 0.0360. The molecule has 4 heteroatoms. The Kier molecular flexibility index (Phi) is 4.64. The molecule has 2 aromatic carbocycles. The van der Waals surface area contributed by atoms with Crippen molar-refractivity contribution in [3.05, 3.63) is 58.6 Å². The highest BCUT2D eigenvalue weighted by Gasteiger charge is 2.10. The third kappa shape index (κ3) is 3.31. The normalized spacial score (nSPS) is 10.2. The van der Waals surface area contributed by atoms with Crippen molar-refractivity contribution in [2.45, 2.75) is 6.42 Å². The third-order valence-corrected chi connectivity index (χ3v) is 3.23. The average Bonchev–Trinajstić information content (AvgIpc) is 2.47. The van der Waals surface area contributed by atoms with E-state index in [2.05, 4.69) is 0 Å². The van der Waals surface area contributed by atoms with E-state index in [9.17, 15) is 4.79 Å². The molecule has 104 valence electrons. The van der Waals surface area contributed by atoms with Gasteiger partial charge in [0.1, 0.15) is 0 Å². The Hall–Kier alpha value is -2.00. The maximum Gasteiger partial charge on any atom is 0.167 e. The number of methoxy groups -OCH3 is 2. The van der Waals surface area contributed by atoms with E-state index in [4.69, 9.17) is 21.1 Å². The number of benzene rings is 2. The summed E-state index contributed by atoms with van der Waals surface area (Å²) in [6.45, 7) is 0. The molecule has 0 heterocycles. The van der Waals surface area contributed by atoms with Gasteiger partial charge in [0.05, 0.1) is 14.2 Å². The van der Waals surface area contributed by atoms with Crippen LogP contribution < -0.4 is 9.47 Å². The number of Topliss-reactive ketones (excluding diaryl/α,β-unsaturated/α-hetero) is 1. The van der Waals surface area contributed by atoms with Gasteiger partial charge in [-0.05, 0) is 42.0 Å². The van der Waals surface area contributed by atoms with Crippen LogP contribution >= 0.6 is 11.6 Å². The van der Waals surface area contributed by atoms with E-state index in [-0.39, 0.29) is 5.78 Å². The molecule has 0 aliphatic heterocycles. The van der Waals surface area contributed by atoms with Gasteiger partial charge in [0.15, 0.2) is 17.3 Å². The Morgan fingerprint density at radius 3 is 2.25 bits per heavy atom.